The van der Waals surface area contributed by atoms with Crippen LogP contribution in [0.2, 0.25) is 0 Å². The molecule has 13 heavy (non-hydrogen) atoms. The standard InChI is InChI=1S/C10H13N2.K/c1-2-7-12(8-3-1)10-5-4-6-11-9-10;/h2,4-6,9H,1,3,7-8H2;/q-1;+1. The van der Waals surface area contributed by atoms with E-state index >= 15 is 0 Å². The first kappa shape index (κ1) is 11.7. The van der Waals surface area contributed by atoms with Gasteiger partial charge in [-0.1, -0.05) is 6.42 Å². The Balaban J connectivity index is 0.000000845. The maximum atomic E-state index is 4.10. The fraction of sp³-hybridized carbons (Fsp3) is 0.400. The molecule has 0 spiro atoms. The van der Waals surface area contributed by atoms with Gasteiger partial charge in [-0.3, -0.25) is 4.98 Å². The molecule has 2 nitrogen and oxygen atoms in total. The minimum Gasteiger partial charge on any atom is -0.400 e. The number of nitrogens with zero attached hydrogens (tertiary/aromatic N) is 2. The van der Waals surface area contributed by atoms with E-state index < -0.39 is 0 Å². The van der Waals surface area contributed by atoms with E-state index in [2.05, 4.69) is 22.4 Å². The van der Waals surface area contributed by atoms with Gasteiger partial charge in [0.1, 0.15) is 0 Å². The van der Waals surface area contributed by atoms with E-state index in [0.717, 1.165) is 6.54 Å². The van der Waals surface area contributed by atoms with E-state index in [1.54, 1.807) is 0 Å². The molecule has 64 valence electrons. The first-order chi connectivity index (χ1) is 5.97. The summed E-state index contributed by atoms with van der Waals surface area (Å²) in [5, 5.41) is 0. The van der Waals surface area contributed by atoms with Gasteiger partial charge in [-0.05, 0) is 12.1 Å². The van der Waals surface area contributed by atoms with Crippen LogP contribution in [0.3, 0.4) is 0 Å². The average Bonchev–Trinajstić information content (AvgIpc) is 2.21. The molecule has 1 fully saturated rings. The van der Waals surface area contributed by atoms with Crippen LogP contribution in [0, 0.1) is 6.42 Å². The van der Waals surface area contributed by atoms with Gasteiger partial charge in [-0.15, -0.1) is 6.54 Å². The Morgan fingerprint density at radius 1 is 1.46 bits per heavy atom. The number of rotatable bonds is 1. The van der Waals surface area contributed by atoms with E-state index in [4.69, 9.17) is 0 Å². The topological polar surface area (TPSA) is 16.1 Å². The maximum Gasteiger partial charge on any atom is 1.00 e. The minimum atomic E-state index is 0. The molecule has 0 atom stereocenters. The number of anilines is 1. The maximum absolute atomic E-state index is 4.10. The molecule has 1 aromatic rings. The Morgan fingerprint density at radius 2 is 2.38 bits per heavy atom. The molecule has 0 unspecified atom stereocenters. The number of hydrogen-bond donors (Lipinski definition) is 0. The van der Waals surface area contributed by atoms with Crippen LogP contribution in [0.5, 0.6) is 0 Å². The van der Waals surface area contributed by atoms with Crippen molar-refractivity contribution in [2.24, 2.45) is 0 Å². The van der Waals surface area contributed by atoms with Crippen molar-refractivity contribution in [3.8, 4) is 0 Å². The molecule has 0 aliphatic carbocycles. The van der Waals surface area contributed by atoms with Crippen LogP contribution in [0.4, 0.5) is 5.69 Å². The number of pyridine rings is 1. The van der Waals surface area contributed by atoms with E-state index in [0.29, 0.717) is 0 Å². The molecule has 0 amide bonds. The van der Waals surface area contributed by atoms with Crippen LogP contribution in [0.15, 0.2) is 24.5 Å². The molecule has 3 heteroatoms. The van der Waals surface area contributed by atoms with Crippen molar-refractivity contribution in [1.82, 2.24) is 4.98 Å². The third-order valence-corrected chi connectivity index (χ3v) is 2.20. The Labute approximate surface area is 122 Å². The summed E-state index contributed by atoms with van der Waals surface area (Å²) in [6, 6.07) is 4.11. The summed E-state index contributed by atoms with van der Waals surface area (Å²) < 4.78 is 0. The van der Waals surface area contributed by atoms with Crippen LogP contribution < -0.4 is 56.3 Å². The van der Waals surface area contributed by atoms with Crippen molar-refractivity contribution >= 4 is 5.69 Å². The van der Waals surface area contributed by atoms with E-state index in [1.165, 1.54) is 25.1 Å². The van der Waals surface area contributed by atoms with Gasteiger partial charge in [0.2, 0.25) is 0 Å². The van der Waals surface area contributed by atoms with Crippen LogP contribution in [-0.4, -0.2) is 18.1 Å². The summed E-state index contributed by atoms with van der Waals surface area (Å²) in [4.78, 5) is 6.46. The first-order valence-electron chi connectivity index (χ1n) is 4.43. The molecule has 0 radical (unpaired) electrons. The monoisotopic (exact) mass is 200 g/mol. The molecule has 1 aromatic heterocycles. The molecule has 0 saturated carbocycles. The fourth-order valence-corrected chi connectivity index (χ4v) is 1.54. The van der Waals surface area contributed by atoms with Gasteiger partial charge in [0.25, 0.3) is 0 Å². The van der Waals surface area contributed by atoms with Gasteiger partial charge >= 0.3 is 51.4 Å². The molecule has 0 aromatic carbocycles. The van der Waals surface area contributed by atoms with E-state index in [-0.39, 0.29) is 51.4 Å². The van der Waals surface area contributed by atoms with Gasteiger partial charge in [0.15, 0.2) is 0 Å². The molecule has 2 heterocycles. The molecule has 1 aliphatic heterocycles. The zero-order valence-electron chi connectivity index (χ0n) is 8.11. The van der Waals surface area contributed by atoms with Gasteiger partial charge in [-0.25, -0.2) is 0 Å². The van der Waals surface area contributed by atoms with Crippen molar-refractivity contribution in [3.05, 3.63) is 30.9 Å². The number of aromatic nitrogens is 1. The predicted molar refractivity (Wildman–Crippen MR) is 50.0 cm³/mol. The second-order valence-corrected chi connectivity index (χ2v) is 3.09. The number of piperidine rings is 1. The van der Waals surface area contributed by atoms with Crippen molar-refractivity contribution in [2.75, 3.05) is 18.0 Å². The molecule has 1 saturated heterocycles. The zero-order valence-corrected chi connectivity index (χ0v) is 11.2. The Bertz CT molecular complexity index is 232. The van der Waals surface area contributed by atoms with Gasteiger partial charge in [0, 0.05) is 12.7 Å². The summed E-state index contributed by atoms with van der Waals surface area (Å²) in [5.74, 6) is 0. The van der Waals surface area contributed by atoms with Crippen LogP contribution in [0.25, 0.3) is 0 Å². The normalized spacial score (nSPS) is 16.5. The van der Waals surface area contributed by atoms with Gasteiger partial charge in [-0.2, -0.15) is 6.42 Å². The van der Waals surface area contributed by atoms with Crippen molar-refractivity contribution in [2.45, 2.75) is 12.8 Å². The van der Waals surface area contributed by atoms with Gasteiger partial charge < -0.3 is 11.3 Å². The second-order valence-electron chi connectivity index (χ2n) is 3.09. The third-order valence-electron chi connectivity index (χ3n) is 2.20. The first-order valence-corrected chi connectivity index (χ1v) is 4.43. The smallest absolute Gasteiger partial charge is 0.400 e. The Morgan fingerprint density at radius 3 is 3.00 bits per heavy atom. The second kappa shape index (κ2) is 6.14. The Kier molecular flexibility index (Phi) is 5.51. The third kappa shape index (κ3) is 3.33. The molecule has 2 rings (SSSR count). The quantitative estimate of drug-likeness (QED) is 0.422. The van der Waals surface area contributed by atoms with Crippen LogP contribution >= 0.6 is 0 Å². The van der Waals surface area contributed by atoms with Crippen molar-refractivity contribution in [3.63, 3.8) is 0 Å². The molecule has 0 N–H and O–H groups in total. The minimum absolute atomic E-state index is 0. The van der Waals surface area contributed by atoms with E-state index in [9.17, 15) is 0 Å². The average molecular weight is 200 g/mol. The molecule has 1 aliphatic rings. The zero-order chi connectivity index (χ0) is 8.23. The van der Waals surface area contributed by atoms with Crippen LogP contribution in [-0.2, 0) is 0 Å². The SMILES string of the molecule is [K+].c1cncc(N2C[CH-]CCC2)c1. The predicted octanol–water partition coefficient (Wildman–Crippen LogP) is -1.11. The largest absolute Gasteiger partial charge is 1.00 e. The summed E-state index contributed by atoms with van der Waals surface area (Å²) in [5.41, 5.74) is 1.24. The van der Waals surface area contributed by atoms with Crippen molar-refractivity contribution in [1.29, 1.82) is 0 Å². The Hall–Kier alpha value is 0.586. The number of hydrogen-bond acceptors (Lipinski definition) is 2. The summed E-state index contributed by atoms with van der Waals surface area (Å²) in [6.07, 6.45) is 8.61. The summed E-state index contributed by atoms with van der Waals surface area (Å²) in [6.45, 7) is 2.24. The summed E-state index contributed by atoms with van der Waals surface area (Å²) in [7, 11) is 0. The van der Waals surface area contributed by atoms with Crippen molar-refractivity contribution < 1.29 is 51.4 Å². The summed E-state index contributed by atoms with van der Waals surface area (Å²) >= 11 is 0. The van der Waals surface area contributed by atoms with E-state index in [1.807, 2.05) is 18.5 Å². The van der Waals surface area contributed by atoms with Gasteiger partial charge in [0.05, 0.1) is 11.9 Å². The molecule has 0 bridgehead atoms. The molecular weight excluding hydrogens is 187 g/mol. The molecular formula is C10H13KN2. The fourth-order valence-electron chi connectivity index (χ4n) is 1.54. The van der Waals surface area contributed by atoms with Crippen LogP contribution in [0.1, 0.15) is 12.8 Å².